The minimum absolute atomic E-state index is 0.0583. The van der Waals surface area contributed by atoms with Gasteiger partial charge in [-0.3, -0.25) is 9.63 Å². The summed E-state index contributed by atoms with van der Waals surface area (Å²) in [5.74, 6) is 0.963. The Bertz CT molecular complexity index is 1150. The number of nitrogens with zero attached hydrogens (tertiary/aromatic N) is 2. The summed E-state index contributed by atoms with van der Waals surface area (Å²) in [6.45, 7) is 1.88. The van der Waals surface area contributed by atoms with Gasteiger partial charge < -0.3 is 14.5 Å². The number of ether oxygens (including phenoxy) is 1. The lowest BCUT2D eigenvalue weighted by atomic mass is 10.2. The summed E-state index contributed by atoms with van der Waals surface area (Å²) >= 11 is 0. The Morgan fingerprint density at radius 3 is 2.69 bits per heavy atom. The van der Waals surface area contributed by atoms with Crippen LogP contribution in [0.25, 0.3) is 22.6 Å². The molecule has 2 aromatic heterocycles. The smallest absolute Gasteiger partial charge is 0.262 e. The minimum atomic E-state index is -0.230. The molecule has 7 nitrogen and oxygen atoms in total. The van der Waals surface area contributed by atoms with Gasteiger partial charge in [-0.2, -0.15) is 0 Å². The Morgan fingerprint density at radius 1 is 1.14 bits per heavy atom. The summed E-state index contributed by atoms with van der Waals surface area (Å²) < 4.78 is 12.9. The van der Waals surface area contributed by atoms with Crippen molar-refractivity contribution in [3.8, 4) is 17.2 Å². The Balaban J connectivity index is 1.41. The fourth-order valence-corrected chi connectivity index (χ4v) is 2.85. The first kappa shape index (κ1) is 18.5. The van der Waals surface area contributed by atoms with Crippen LogP contribution in [-0.4, -0.2) is 24.6 Å². The first-order valence-corrected chi connectivity index (χ1v) is 9.07. The number of para-hydroxylation sites is 1. The summed E-state index contributed by atoms with van der Waals surface area (Å²) in [4.78, 5) is 21.8. The summed E-state index contributed by atoms with van der Waals surface area (Å²) in [5.41, 5.74) is 3.81. The standard InChI is InChI=1S/C22H19N3O4/c1-15-5-3-4-6-19(15)28-14-21(26)23-17-9-7-16(8-10-17)22-24-18-13-25(27-2)12-11-20(18)29-22/h3-13H,14H2,1-2H3/p+1. The zero-order chi connectivity index (χ0) is 20.2. The van der Waals surface area contributed by atoms with Crippen LogP contribution in [0.1, 0.15) is 5.56 Å². The second kappa shape index (κ2) is 8.02. The first-order chi connectivity index (χ1) is 14.1. The highest BCUT2D eigenvalue weighted by Gasteiger charge is 2.13. The third-order valence-corrected chi connectivity index (χ3v) is 4.38. The quantitative estimate of drug-likeness (QED) is 0.512. The van der Waals surface area contributed by atoms with Crippen LogP contribution in [-0.2, 0) is 4.79 Å². The third kappa shape index (κ3) is 4.19. The molecule has 1 amide bonds. The molecule has 0 unspecified atom stereocenters. The maximum Gasteiger partial charge on any atom is 0.262 e. The van der Waals surface area contributed by atoms with Gasteiger partial charge in [0.05, 0.1) is 6.07 Å². The van der Waals surface area contributed by atoms with Crippen molar-refractivity contribution in [2.24, 2.45) is 0 Å². The molecule has 0 aliphatic heterocycles. The monoisotopic (exact) mass is 390 g/mol. The highest BCUT2D eigenvalue weighted by Crippen LogP contribution is 2.24. The van der Waals surface area contributed by atoms with Gasteiger partial charge in [0, 0.05) is 16.0 Å². The van der Waals surface area contributed by atoms with Crippen LogP contribution in [0.4, 0.5) is 5.69 Å². The van der Waals surface area contributed by atoms with E-state index < -0.39 is 0 Å². The number of anilines is 1. The van der Waals surface area contributed by atoms with Crippen LogP contribution in [0.15, 0.2) is 71.4 Å². The fourth-order valence-electron chi connectivity index (χ4n) is 2.85. The first-order valence-electron chi connectivity index (χ1n) is 9.07. The second-order valence-electron chi connectivity index (χ2n) is 6.44. The highest BCUT2D eigenvalue weighted by molar-refractivity contribution is 5.92. The van der Waals surface area contributed by atoms with E-state index in [1.54, 1.807) is 42.4 Å². The molecule has 0 radical (unpaired) electrons. The van der Waals surface area contributed by atoms with Crippen LogP contribution >= 0.6 is 0 Å². The van der Waals surface area contributed by atoms with Gasteiger partial charge in [0.2, 0.25) is 12.1 Å². The lowest BCUT2D eigenvalue weighted by Crippen LogP contribution is -2.39. The number of hydrogen-bond donors (Lipinski definition) is 1. The molecule has 0 saturated carbocycles. The molecule has 2 aromatic carbocycles. The normalized spacial score (nSPS) is 10.7. The van der Waals surface area contributed by atoms with Gasteiger partial charge in [-0.1, -0.05) is 18.2 Å². The SMILES string of the molecule is CO[n+]1ccc2oc(-c3ccc(NC(=O)COc4ccccc4C)cc3)nc2c1. The van der Waals surface area contributed by atoms with Gasteiger partial charge in [0.25, 0.3) is 12.1 Å². The molecule has 0 aliphatic rings. The van der Waals surface area contributed by atoms with Crippen molar-refractivity contribution in [3.05, 3.63) is 72.6 Å². The van der Waals surface area contributed by atoms with Crippen molar-refractivity contribution < 1.29 is 23.5 Å². The van der Waals surface area contributed by atoms with E-state index in [0.29, 0.717) is 28.4 Å². The van der Waals surface area contributed by atoms with Crippen LogP contribution < -0.4 is 19.6 Å². The largest absolute Gasteiger partial charge is 0.483 e. The molecule has 0 aliphatic carbocycles. The van der Waals surface area contributed by atoms with Crippen molar-refractivity contribution in [3.63, 3.8) is 0 Å². The summed E-state index contributed by atoms with van der Waals surface area (Å²) in [6.07, 6.45) is 3.49. The Hall–Kier alpha value is -3.87. The number of rotatable bonds is 6. The molecule has 0 bridgehead atoms. The van der Waals surface area contributed by atoms with Gasteiger partial charge in [-0.25, -0.2) is 4.98 Å². The van der Waals surface area contributed by atoms with Gasteiger partial charge in [-0.05, 0) is 42.8 Å². The predicted molar refractivity (Wildman–Crippen MR) is 107 cm³/mol. The summed E-state index contributed by atoms with van der Waals surface area (Å²) in [6, 6.07) is 16.6. The number of nitrogens with one attached hydrogen (secondary N) is 1. The molecular weight excluding hydrogens is 370 g/mol. The summed E-state index contributed by atoms with van der Waals surface area (Å²) in [5, 5.41) is 2.82. The van der Waals surface area contributed by atoms with Gasteiger partial charge in [0.1, 0.15) is 12.9 Å². The Morgan fingerprint density at radius 2 is 1.93 bits per heavy atom. The van der Waals surface area contributed by atoms with Crippen LogP contribution in [0, 0.1) is 6.92 Å². The molecule has 29 heavy (non-hydrogen) atoms. The van der Waals surface area contributed by atoms with Crippen molar-refractivity contribution in [1.82, 2.24) is 4.98 Å². The van der Waals surface area contributed by atoms with Crippen molar-refractivity contribution in [2.45, 2.75) is 6.92 Å². The third-order valence-electron chi connectivity index (χ3n) is 4.38. The van der Waals surface area contributed by atoms with Crippen molar-refractivity contribution >= 4 is 22.7 Å². The molecule has 4 rings (SSSR count). The highest BCUT2D eigenvalue weighted by atomic mass is 16.6. The number of aryl methyl sites for hydroxylation is 1. The zero-order valence-corrected chi connectivity index (χ0v) is 16.1. The van der Waals surface area contributed by atoms with Crippen LogP contribution in [0.3, 0.4) is 0 Å². The number of carbonyl (C=O) groups excluding carboxylic acids is 1. The molecule has 1 N–H and O–H groups in total. The lowest BCUT2D eigenvalue weighted by Gasteiger charge is -2.09. The average Bonchev–Trinajstić information content (AvgIpc) is 3.17. The van der Waals surface area contributed by atoms with Gasteiger partial charge in [-0.15, -0.1) is 0 Å². The predicted octanol–water partition coefficient (Wildman–Crippen LogP) is 3.17. The molecule has 7 heteroatoms. The van der Waals surface area contributed by atoms with E-state index >= 15 is 0 Å². The van der Waals surface area contributed by atoms with E-state index in [9.17, 15) is 4.79 Å². The average molecular weight is 390 g/mol. The number of hydrogen-bond acceptors (Lipinski definition) is 5. The Labute approximate surface area is 167 Å². The van der Waals surface area contributed by atoms with E-state index in [1.807, 2.05) is 43.3 Å². The number of benzene rings is 2. The topological polar surface area (TPSA) is 77.5 Å². The van der Waals surface area contributed by atoms with Crippen LogP contribution in [0.5, 0.6) is 5.75 Å². The van der Waals surface area contributed by atoms with E-state index in [1.165, 1.54) is 0 Å². The number of pyridine rings is 1. The molecule has 0 atom stereocenters. The molecule has 0 saturated heterocycles. The fraction of sp³-hybridized carbons (Fsp3) is 0.136. The van der Waals surface area contributed by atoms with Gasteiger partial charge in [0.15, 0.2) is 17.7 Å². The lowest BCUT2D eigenvalue weighted by molar-refractivity contribution is -0.884. The number of fused-ring (bicyclic) bond motifs is 1. The zero-order valence-electron chi connectivity index (χ0n) is 16.1. The van der Waals surface area contributed by atoms with E-state index in [4.69, 9.17) is 14.0 Å². The van der Waals surface area contributed by atoms with Crippen molar-refractivity contribution in [1.29, 1.82) is 0 Å². The second-order valence-corrected chi connectivity index (χ2v) is 6.44. The molecular formula is C22H20N3O4+. The molecule has 4 aromatic rings. The minimum Gasteiger partial charge on any atom is -0.483 e. The maximum atomic E-state index is 12.1. The molecule has 0 fully saturated rings. The maximum absolute atomic E-state index is 12.1. The number of oxazole rings is 1. The van der Waals surface area contributed by atoms with E-state index in [-0.39, 0.29) is 12.5 Å². The van der Waals surface area contributed by atoms with Crippen molar-refractivity contribution in [2.75, 3.05) is 19.0 Å². The Kier molecular flexibility index (Phi) is 5.11. The number of amides is 1. The molecule has 146 valence electrons. The summed E-state index contributed by atoms with van der Waals surface area (Å²) in [7, 11) is 1.58. The van der Waals surface area contributed by atoms with Crippen LogP contribution in [0.2, 0.25) is 0 Å². The van der Waals surface area contributed by atoms with Gasteiger partial charge >= 0.3 is 0 Å². The number of aromatic nitrogens is 2. The van der Waals surface area contributed by atoms with E-state index in [2.05, 4.69) is 10.3 Å². The number of carbonyl (C=O) groups is 1. The molecule has 2 heterocycles. The molecule has 0 spiro atoms. The van der Waals surface area contributed by atoms with E-state index in [0.717, 1.165) is 11.1 Å².